The number of carbonyl (C=O) groups is 1. The van der Waals surface area contributed by atoms with Gasteiger partial charge >= 0.3 is 0 Å². The van der Waals surface area contributed by atoms with Crippen LogP contribution >= 0.6 is 11.3 Å². The molecule has 6 heteroatoms. The molecule has 0 saturated carbocycles. The number of amides is 1. The molecule has 3 rings (SSSR count). The number of rotatable bonds is 2. The van der Waals surface area contributed by atoms with Crippen molar-refractivity contribution in [2.24, 2.45) is 0 Å². The molecule has 2 aromatic rings. The summed E-state index contributed by atoms with van der Waals surface area (Å²) in [7, 11) is 0. The van der Waals surface area contributed by atoms with Crippen LogP contribution in [0.2, 0.25) is 0 Å². The van der Waals surface area contributed by atoms with E-state index in [1.165, 1.54) is 34.4 Å². The number of benzene rings is 1. The Kier molecular flexibility index (Phi) is 3.31. The third-order valence-corrected chi connectivity index (χ3v) is 4.39. The maximum atomic E-state index is 12.1. The predicted molar refractivity (Wildman–Crippen MR) is 76.5 cm³/mol. The van der Waals surface area contributed by atoms with Crippen LogP contribution in [0.3, 0.4) is 0 Å². The van der Waals surface area contributed by atoms with Crippen molar-refractivity contribution in [2.45, 2.75) is 25.7 Å². The zero-order valence-electron chi connectivity index (χ0n) is 10.7. The topological polar surface area (TPSA) is 82.5 Å². The Morgan fingerprint density at radius 3 is 2.60 bits per heavy atom. The average Bonchev–Trinajstić information content (AvgIpc) is 2.80. The first-order valence-corrected chi connectivity index (χ1v) is 7.27. The van der Waals surface area contributed by atoms with Crippen molar-refractivity contribution in [3.8, 4) is 11.5 Å². The van der Waals surface area contributed by atoms with Gasteiger partial charge in [0.05, 0.1) is 5.69 Å². The van der Waals surface area contributed by atoms with Gasteiger partial charge in [-0.3, -0.25) is 10.1 Å². The Morgan fingerprint density at radius 1 is 1.20 bits per heavy atom. The number of aryl methyl sites for hydroxylation is 2. The van der Waals surface area contributed by atoms with E-state index in [0.29, 0.717) is 5.13 Å². The molecule has 1 heterocycles. The minimum absolute atomic E-state index is 0.124. The maximum absolute atomic E-state index is 12.1. The summed E-state index contributed by atoms with van der Waals surface area (Å²) in [6.45, 7) is 0. The van der Waals surface area contributed by atoms with Gasteiger partial charge in [-0.25, -0.2) is 4.98 Å². The van der Waals surface area contributed by atoms with Crippen molar-refractivity contribution >= 4 is 22.4 Å². The van der Waals surface area contributed by atoms with Crippen molar-refractivity contribution in [2.75, 3.05) is 5.32 Å². The number of fused-ring (bicyclic) bond motifs is 1. The number of aromatic nitrogens is 1. The second-order valence-corrected chi connectivity index (χ2v) is 5.81. The van der Waals surface area contributed by atoms with Gasteiger partial charge in [0.15, 0.2) is 5.13 Å². The van der Waals surface area contributed by atoms with Crippen molar-refractivity contribution in [1.29, 1.82) is 0 Å². The van der Waals surface area contributed by atoms with E-state index in [9.17, 15) is 15.0 Å². The molecule has 1 aromatic heterocycles. The van der Waals surface area contributed by atoms with Crippen molar-refractivity contribution in [3.05, 3.63) is 34.3 Å². The summed E-state index contributed by atoms with van der Waals surface area (Å²) >= 11 is 1.46. The fraction of sp³-hybridized carbons (Fsp3) is 0.286. The molecule has 104 valence electrons. The first kappa shape index (κ1) is 12.9. The quantitative estimate of drug-likeness (QED) is 0.794. The van der Waals surface area contributed by atoms with Crippen LogP contribution < -0.4 is 5.32 Å². The maximum Gasteiger partial charge on any atom is 0.264 e. The van der Waals surface area contributed by atoms with E-state index in [-0.39, 0.29) is 17.1 Å². The van der Waals surface area contributed by atoms with E-state index in [1.807, 2.05) is 0 Å². The zero-order valence-corrected chi connectivity index (χ0v) is 11.5. The van der Waals surface area contributed by atoms with Gasteiger partial charge in [0.2, 0.25) is 0 Å². The number of aromatic hydroxyl groups is 2. The summed E-state index contributed by atoms with van der Waals surface area (Å²) in [5.41, 5.74) is 0.929. The fourth-order valence-electron chi connectivity index (χ4n) is 2.33. The lowest BCUT2D eigenvalue weighted by molar-refractivity contribution is 0.102. The van der Waals surface area contributed by atoms with E-state index in [1.54, 1.807) is 0 Å². The van der Waals surface area contributed by atoms with Gasteiger partial charge in [-0.2, -0.15) is 0 Å². The van der Waals surface area contributed by atoms with Crippen LogP contribution in [0.5, 0.6) is 11.5 Å². The van der Waals surface area contributed by atoms with Crippen LogP contribution in [0.4, 0.5) is 5.13 Å². The number of carbonyl (C=O) groups excluding carboxylic acids is 1. The van der Waals surface area contributed by atoms with Crippen molar-refractivity contribution in [3.63, 3.8) is 0 Å². The van der Waals surface area contributed by atoms with E-state index in [4.69, 9.17) is 0 Å². The molecule has 0 aliphatic heterocycles. The first-order valence-electron chi connectivity index (χ1n) is 6.46. The highest BCUT2D eigenvalue weighted by Gasteiger charge is 2.20. The number of phenolic OH excluding ortho intramolecular Hbond substituents is 2. The lowest BCUT2D eigenvalue weighted by Gasteiger charge is -2.06. The van der Waals surface area contributed by atoms with Crippen molar-refractivity contribution in [1.82, 2.24) is 4.98 Å². The Bertz CT molecular complexity index is 623. The highest BCUT2D eigenvalue weighted by molar-refractivity contribution is 7.15. The monoisotopic (exact) mass is 290 g/mol. The lowest BCUT2D eigenvalue weighted by Crippen LogP contribution is -2.12. The lowest BCUT2D eigenvalue weighted by atomic mass is 10.0. The Labute approximate surface area is 119 Å². The summed E-state index contributed by atoms with van der Waals surface area (Å²) in [6.07, 6.45) is 4.24. The summed E-state index contributed by atoms with van der Waals surface area (Å²) in [5, 5.41) is 22.5. The number of anilines is 1. The molecule has 0 bridgehead atoms. The van der Waals surface area contributed by atoms with Crippen LogP contribution in [-0.2, 0) is 12.8 Å². The standard InChI is InChI=1S/C14H14N2O3S/c17-9-5-3-6-10(18)12(9)13(19)16-14-15-8-4-1-2-7-11(8)20-14/h3,5-6,17-18H,1-2,4,7H2,(H,15,16,19). The summed E-state index contributed by atoms with van der Waals surface area (Å²) < 4.78 is 0. The van der Waals surface area contributed by atoms with E-state index >= 15 is 0 Å². The second kappa shape index (κ2) is 5.13. The number of nitrogens with one attached hydrogen (secondary N) is 1. The van der Waals surface area contributed by atoms with Gasteiger partial charge in [0, 0.05) is 4.88 Å². The van der Waals surface area contributed by atoms with E-state index in [2.05, 4.69) is 10.3 Å². The van der Waals surface area contributed by atoms with Gasteiger partial charge in [-0.1, -0.05) is 6.07 Å². The molecule has 0 atom stereocenters. The van der Waals surface area contributed by atoms with Crippen LogP contribution in [0.15, 0.2) is 18.2 Å². The minimum atomic E-state index is -0.549. The highest BCUT2D eigenvalue weighted by Crippen LogP contribution is 2.31. The number of nitrogens with zero attached hydrogens (tertiary/aromatic N) is 1. The molecule has 0 fully saturated rings. The van der Waals surface area contributed by atoms with Gasteiger partial charge in [0.1, 0.15) is 17.1 Å². The summed E-state index contributed by atoms with van der Waals surface area (Å²) in [5.74, 6) is -1.04. The molecular formula is C14H14N2O3S. The molecule has 1 amide bonds. The highest BCUT2D eigenvalue weighted by atomic mass is 32.1. The second-order valence-electron chi connectivity index (χ2n) is 4.72. The Morgan fingerprint density at radius 2 is 1.90 bits per heavy atom. The molecular weight excluding hydrogens is 276 g/mol. The molecule has 0 spiro atoms. The SMILES string of the molecule is O=C(Nc1nc2c(s1)CCCC2)c1c(O)cccc1O. The zero-order chi connectivity index (χ0) is 14.1. The van der Waals surface area contributed by atoms with Gasteiger partial charge in [-0.05, 0) is 37.8 Å². The fourth-order valence-corrected chi connectivity index (χ4v) is 3.37. The van der Waals surface area contributed by atoms with Crippen LogP contribution in [0.25, 0.3) is 0 Å². The number of phenols is 2. The van der Waals surface area contributed by atoms with E-state index < -0.39 is 5.91 Å². The third-order valence-electron chi connectivity index (χ3n) is 3.31. The predicted octanol–water partition coefficient (Wildman–Crippen LogP) is 2.69. The molecule has 0 radical (unpaired) electrons. The Balaban J connectivity index is 1.84. The molecule has 0 saturated heterocycles. The van der Waals surface area contributed by atoms with E-state index in [0.717, 1.165) is 31.4 Å². The Hall–Kier alpha value is -2.08. The number of hydrogen-bond donors (Lipinski definition) is 3. The number of hydrogen-bond acceptors (Lipinski definition) is 5. The van der Waals surface area contributed by atoms with Gasteiger partial charge in [0.25, 0.3) is 5.91 Å². The van der Waals surface area contributed by atoms with Crippen molar-refractivity contribution < 1.29 is 15.0 Å². The van der Waals surface area contributed by atoms with Crippen LogP contribution in [0.1, 0.15) is 33.8 Å². The average molecular weight is 290 g/mol. The third kappa shape index (κ3) is 2.34. The summed E-state index contributed by atoms with van der Waals surface area (Å²) in [6, 6.07) is 4.20. The number of thiazole rings is 1. The first-order chi connectivity index (χ1) is 9.65. The summed E-state index contributed by atoms with van der Waals surface area (Å²) in [4.78, 5) is 17.7. The van der Waals surface area contributed by atoms with Gasteiger partial charge in [-0.15, -0.1) is 11.3 Å². The molecule has 1 aromatic carbocycles. The molecule has 1 aliphatic carbocycles. The largest absolute Gasteiger partial charge is 0.507 e. The van der Waals surface area contributed by atoms with Crippen LogP contribution in [0, 0.1) is 0 Å². The smallest absolute Gasteiger partial charge is 0.264 e. The normalized spacial score (nSPS) is 13.8. The minimum Gasteiger partial charge on any atom is -0.507 e. The molecule has 0 unspecified atom stereocenters. The van der Waals surface area contributed by atoms with Gasteiger partial charge < -0.3 is 10.2 Å². The molecule has 1 aliphatic rings. The van der Waals surface area contributed by atoms with Crippen LogP contribution in [-0.4, -0.2) is 21.1 Å². The molecule has 5 nitrogen and oxygen atoms in total. The molecule has 20 heavy (non-hydrogen) atoms. The molecule has 3 N–H and O–H groups in total.